The van der Waals surface area contributed by atoms with Gasteiger partial charge in [0.05, 0.1) is 12.8 Å². The van der Waals surface area contributed by atoms with Gasteiger partial charge in [0.15, 0.2) is 17.2 Å². The van der Waals surface area contributed by atoms with Crippen LogP contribution in [-0.2, 0) is 23.9 Å². The van der Waals surface area contributed by atoms with E-state index in [9.17, 15) is 19.5 Å². The van der Waals surface area contributed by atoms with Gasteiger partial charge in [-0.05, 0) is 89.2 Å². The van der Waals surface area contributed by atoms with E-state index in [0.29, 0.717) is 24.3 Å². The number of ether oxygens (including phenoxy) is 2. The van der Waals surface area contributed by atoms with Crippen LogP contribution in [0.1, 0.15) is 96.8 Å². The highest BCUT2D eigenvalue weighted by Crippen LogP contribution is 2.62. The van der Waals surface area contributed by atoms with Crippen LogP contribution in [0.15, 0.2) is 11.1 Å². The quantitative estimate of drug-likeness (QED) is 0.194. The van der Waals surface area contributed by atoms with Gasteiger partial charge in [0.1, 0.15) is 6.10 Å². The van der Waals surface area contributed by atoms with Crippen molar-refractivity contribution < 1.29 is 29.0 Å². The van der Waals surface area contributed by atoms with Crippen LogP contribution in [0.4, 0.5) is 0 Å². The molecule has 8 heteroatoms. The minimum atomic E-state index is -1.84. The Bertz CT molecular complexity index is 943. The third-order valence-electron chi connectivity index (χ3n) is 9.88. The summed E-state index contributed by atoms with van der Waals surface area (Å²) in [5.41, 5.74) is 4.38. The maximum absolute atomic E-state index is 14.0. The minimum Gasteiger partial charge on any atom is -0.460 e. The van der Waals surface area contributed by atoms with Gasteiger partial charge in [-0.25, -0.2) is 4.79 Å². The van der Waals surface area contributed by atoms with E-state index >= 15 is 0 Å². The Kier molecular flexibility index (Phi) is 7.93. The number of fused-ring (bicyclic) bond motifs is 2. The summed E-state index contributed by atoms with van der Waals surface area (Å²) in [5, 5.41) is 13.6. The van der Waals surface area contributed by atoms with E-state index in [1.54, 1.807) is 0 Å². The van der Waals surface area contributed by atoms with Crippen LogP contribution in [0.5, 0.6) is 0 Å². The van der Waals surface area contributed by atoms with E-state index < -0.39 is 29.0 Å². The summed E-state index contributed by atoms with van der Waals surface area (Å²) in [5.74, 6) is -1.46. The number of allylic oxidation sites excluding steroid dienone is 1. The van der Waals surface area contributed by atoms with Crippen molar-refractivity contribution >= 4 is 17.5 Å². The number of rotatable bonds is 8. The van der Waals surface area contributed by atoms with Crippen LogP contribution in [0.25, 0.3) is 0 Å². The lowest BCUT2D eigenvalue weighted by atomic mass is 9.60. The number of aliphatic hydroxyl groups is 1. The molecule has 0 aromatic heterocycles. The van der Waals surface area contributed by atoms with Gasteiger partial charge in [-0.1, -0.05) is 24.8 Å². The molecule has 6 unspecified atom stereocenters. The third-order valence-corrected chi connectivity index (χ3v) is 9.88. The van der Waals surface area contributed by atoms with E-state index in [2.05, 4.69) is 5.32 Å². The molecule has 4 N–H and O–H groups in total. The van der Waals surface area contributed by atoms with Crippen molar-refractivity contribution in [1.29, 1.82) is 0 Å². The van der Waals surface area contributed by atoms with Gasteiger partial charge in [0.25, 0.3) is 5.60 Å². The maximum atomic E-state index is 14.0. The lowest BCUT2D eigenvalue weighted by Crippen LogP contribution is -2.58. The number of nitrogens with two attached hydrogens (primary N) is 1. The predicted molar refractivity (Wildman–Crippen MR) is 137 cm³/mol. The Hall–Kier alpha value is -1.61. The van der Waals surface area contributed by atoms with E-state index in [1.165, 1.54) is 0 Å². The van der Waals surface area contributed by atoms with Crippen molar-refractivity contribution in [2.24, 2.45) is 23.5 Å². The number of ketones is 2. The van der Waals surface area contributed by atoms with Crippen LogP contribution in [-0.4, -0.2) is 59.3 Å². The molecule has 0 bridgehead atoms. The molecule has 0 spiro atoms. The third kappa shape index (κ3) is 4.83. The number of epoxide rings is 1. The van der Waals surface area contributed by atoms with Gasteiger partial charge in [0, 0.05) is 18.3 Å². The Morgan fingerprint density at radius 2 is 1.73 bits per heavy atom. The van der Waals surface area contributed by atoms with Gasteiger partial charge in [0.2, 0.25) is 0 Å². The lowest BCUT2D eigenvalue weighted by molar-refractivity contribution is -0.163. The molecule has 5 fully saturated rings. The minimum absolute atomic E-state index is 0.0178. The molecule has 2 aliphatic heterocycles. The van der Waals surface area contributed by atoms with Crippen molar-refractivity contribution in [2.75, 3.05) is 13.2 Å². The Labute approximate surface area is 220 Å². The smallest absolute Gasteiger partial charge is 0.350 e. The number of carbonyl (C=O) groups excluding carboxylic acids is 3. The average Bonchev–Trinajstić information content (AvgIpc) is 3.61. The van der Waals surface area contributed by atoms with Crippen LogP contribution >= 0.6 is 0 Å². The molecule has 3 saturated carbocycles. The number of hydrogen-bond donors (Lipinski definition) is 3. The van der Waals surface area contributed by atoms with E-state index in [-0.39, 0.29) is 36.9 Å². The van der Waals surface area contributed by atoms with Crippen molar-refractivity contribution in [3.63, 3.8) is 0 Å². The van der Waals surface area contributed by atoms with Crippen molar-refractivity contribution in [3.05, 3.63) is 11.1 Å². The number of aliphatic hydroxyl groups excluding tert-OH is 1. The maximum Gasteiger partial charge on any atom is 0.350 e. The van der Waals surface area contributed by atoms with Crippen LogP contribution in [0.2, 0.25) is 0 Å². The molecule has 6 atom stereocenters. The van der Waals surface area contributed by atoms with E-state index in [4.69, 9.17) is 15.2 Å². The van der Waals surface area contributed by atoms with Crippen molar-refractivity contribution in [3.8, 4) is 0 Å². The standard InChI is InChI=1S/C29H44N2O6/c1-18(11-12-19-13-14-31-24(30)15-19)20(17-32)16-28-25(33)22-9-5-6-10-23(22)26(34)29(28,37-28)27(35)36-21-7-3-2-4-8-21/h19,21-24,31-32H,2-17,30H2,1H3. The highest BCUT2D eigenvalue weighted by molar-refractivity contribution is 6.23. The monoisotopic (exact) mass is 516 g/mol. The summed E-state index contributed by atoms with van der Waals surface area (Å²) in [7, 11) is 0. The highest BCUT2D eigenvalue weighted by atomic mass is 16.7. The number of nitrogens with one attached hydrogen (secondary N) is 1. The second kappa shape index (κ2) is 10.9. The molecule has 5 aliphatic rings. The summed E-state index contributed by atoms with van der Waals surface area (Å²) >= 11 is 0. The zero-order chi connectivity index (χ0) is 26.2. The fourth-order valence-electron chi connectivity index (χ4n) is 7.54. The molecule has 2 saturated heterocycles. The normalized spacial score (nSPS) is 38.9. The molecule has 5 rings (SSSR count). The van der Waals surface area contributed by atoms with Crippen LogP contribution < -0.4 is 11.1 Å². The Morgan fingerprint density at radius 3 is 2.41 bits per heavy atom. The summed E-state index contributed by atoms with van der Waals surface area (Å²) in [4.78, 5) is 41.5. The number of hydrogen-bond acceptors (Lipinski definition) is 8. The summed E-state index contributed by atoms with van der Waals surface area (Å²) in [6, 6.07) is 0. The predicted octanol–water partition coefficient (Wildman–Crippen LogP) is 3.09. The number of Topliss-reactive ketones (excluding diaryl/α,β-unsaturated/α-hetero) is 2. The average molecular weight is 517 g/mol. The second-order valence-electron chi connectivity index (χ2n) is 12.2. The number of carbonyl (C=O) groups is 3. The second-order valence-corrected chi connectivity index (χ2v) is 12.2. The highest BCUT2D eigenvalue weighted by Gasteiger charge is 2.87. The molecular weight excluding hydrogens is 472 g/mol. The molecule has 37 heavy (non-hydrogen) atoms. The molecule has 8 nitrogen and oxygen atoms in total. The van der Waals surface area contributed by atoms with Crippen molar-refractivity contribution in [2.45, 2.75) is 120 Å². The Balaban J connectivity index is 1.39. The molecule has 3 aliphatic carbocycles. The van der Waals surface area contributed by atoms with Gasteiger partial charge >= 0.3 is 5.97 Å². The summed E-state index contributed by atoms with van der Waals surface area (Å²) < 4.78 is 12.0. The topological polar surface area (TPSA) is 131 Å². The van der Waals surface area contributed by atoms with Crippen LogP contribution in [0, 0.1) is 17.8 Å². The first kappa shape index (κ1) is 27.0. The van der Waals surface area contributed by atoms with Gasteiger partial charge in [-0.2, -0.15) is 0 Å². The fraction of sp³-hybridized carbons (Fsp3) is 0.828. The largest absolute Gasteiger partial charge is 0.460 e. The van der Waals surface area contributed by atoms with Crippen molar-refractivity contribution in [1.82, 2.24) is 5.32 Å². The van der Waals surface area contributed by atoms with Gasteiger partial charge < -0.3 is 25.6 Å². The first-order valence-electron chi connectivity index (χ1n) is 14.6. The molecule has 0 amide bonds. The first-order valence-corrected chi connectivity index (χ1v) is 14.6. The zero-order valence-electron chi connectivity index (χ0n) is 22.3. The number of piperidine rings is 1. The lowest BCUT2D eigenvalue weighted by Gasteiger charge is -2.37. The summed E-state index contributed by atoms with van der Waals surface area (Å²) in [6.07, 6.45) is 11.3. The first-order chi connectivity index (χ1) is 17.8. The molecule has 2 heterocycles. The molecule has 0 aromatic carbocycles. The Morgan fingerprint density at radius 1 is 1.05 bits per heavy atom. The van der Waals surface area contributed by atoms with Crippen LogP contribution in [0.3, 0.4) is 0 Å². The fourth-order valence-corrected chi connectivity index (χ4v) is 7.54. The van der Waals surface area contributed by atoms with Gasteiger partial charge in [-0.3, -0.25) is 9.59 Å². The van der Waals surface area contributed by atoms with Gasteiger partial charge in [-0.15, -0.1) is 0 Å². The molecule has 206 valence electrons. The summed E-state index contributed by atoms with van der Waals surface area (Å²) in [6.45, 7) is 2.65. The zero-order valence-corrected chi connectivity index (χ0v) is 22.3. The van der Waals surface area contributed by atoms with E-state index in [0.717, 1.165) is 82.7 Å². The number of esters is 1. The van der Waals surface area contributed by atoms with E-state index in [1.807, 2.05) is 6.92 Å². The molecular formula is C29H44N2O6. The molecule has 0 aromatic rings. The molecule has 0 radical (unpaired) electrons. The SMILES string of the molecule is CC(CCC1CCNC(N)C1)=C(CO)CC12OC1(C(=O)OC1CCCCC1)C(=O)C1CCCCC1C2=O.